The molecule has 0 unspecified atom stereocenters. The Balaban J connectivity index is 2.29. The number of ether oxygens (including phenoxy) is 2. The van der Waals surface area contributed by atoms with Gasteiger partial charge in [0, 0.05) is 17.2 Å². The normalized spacial score (nSPS) is 17.4. The fourth-order valence-electron chi connectivity index (χ4n) is 4.31. The summed E-state index contributed by atoms with van der Waals surface area (Å²) in [6.07, 6.45) is 3.75. The van der Waals surface area contributed by atoms with Gasteiger partial charge in [-0.2, -0.15) is 0 Å². The van der Waals surface area contributed by atoms with E-state index in [1.165, 1.54) is 29.3 Å². The molecular weight excluding hydrogens is 350 g/mol. The van der Waals surface area contributed by atoms with Gasteiger partial charge in [-0.25, -0.2) is 0 Å². The summed E-state index contributed by atoms with van der Waals surface area (Å²) >= 11 is 0. The number of oxime groups is 1. The largest absolute Gasteiger partial charge is 0.496 e. The van der Waals surface area contributed by atoms with Gasteiger partial charge >= 0.3 is 0 Å². The topological polar surface area (TPSA) is 51.0 Å². The lowest BCUT2D eigenvalue weighted by Crippen LogP contribution is -2.34. The van der Waals surface area contributed by atoms with Crippen molar-refractivity contribution in [3.63, 3.8) is 0 Å². The molecule has 0 bridgehead atoms. The lowest BCUT2D eigenvalue weighted by molar-refractivity contribution is 0.321. The number of aryl methyl sites for hydroxylation is 1. The SMILES string of the molecule is COc1cc(OC)c(-c2cc3c(cc2C)C(C)(C)CCC3(C)C)cc1/C=N/O. The van der Waals surface area contributed by atoms with E-state index in [0.717, 1.165) is 23.3 Å². The van der Waals surface area contributed by atoms with Gasteiger partial charge in [0.2, 0.25) is 0 Å². The highest BCUT2D eigenvalue weighted by molar-refractivity contribution is 5.88. The lowest BCUT2D eigenvalue weighted by Gasteiger charge is -2.42. The second-order valence-electron chi connectivity index (χ2n) is 9.02. The summed E-state index contributed by atoms with van der Waals surface area (Å²) in [4.78, 5) is 0. The molecule has 3 rings (SSSR count). The van der Waals surface area contributed by atoms with Crippen molar-refractivity contribution in [1.82, 2.24) is 0 Å². The molecular formula is C24H31NO3. The summed E-state index contributed by atoms with van der Waals surface area (Å²) in [5.41, 5.74) is 7.16. The van der Waals surface area contributed by atoms with Crippen LogP contribution >= 0.6 is 0 Å². The molecule has 0 heterocycles. The zero-order valence-electron chi connectivity index (χ0n) is 18.0. The van der Waals surface area contributed by atoms with E-state index in [2.05, 4.69) is 51.9 Å². The van der Waals surface area contributed by atoms with Gasteiger partial charge in [0.1, 0.15) is 11.5 Å². The van der Waals surface area contributed by atoms with Gasteiger partial charge < -0.3 is 14.7 Å². The minimum Gasteiger partial charge on any atom is -0.496 e. The van der Waals surface area contributed by atoms with Gasteiger partial charge in [-0.15, -0.1) is 0 Å². The van der Waals surface area contributed by atoms with Crippen LogP contribution in [0, 0.1) is 6.92 Å². The van der Waals surface area contributed by atoms with Crippen molar-refractivity contribution < 1.29 is 14.7 Å². The first-order chi connectivity index (χ1) is 13.1. The second-order valence-corrected chi connectivity index (χ2v) is 9.02. The first kappa shape index (κ1) is 20.2. The molecule has 2 aromatic rings. The number of hydrogen-bond donors (Lipinski definition) is 1. The highest BCUT2D eigenvalue weighted by atomic mass is 16.5. The van der Waals surface area contributed by atoms with Crippen molar-refractivity contribution in [2.75, 3.05) is 14.2 Å². The average molecular weight is 382 g/mol. The third-order valence-corrected chi connectivity index (χ3v) is 6.24. The maximum atomic E-state index is 9.05. The molecule has 0 atom stereocenters. The van der Waals surface area contributed by atoms with E-state index in [-0.39, 0.29) is 10.8 Å². The van der Waals surface area contributed by atoms with E-state index in [9.17, 15) is 0 Å². The van der Waals surface area contributed by atoms with E-state index in [0.29, 0.717) is 11.3 Å². The number of rotatable bonds is 4. The quantitative estimate of drug-likeness (QED) is 0.411. The summed E-state index contributed by atoms with van der Waals surface area (Å²) in [5, 5.41) is 12.2. The van der Waals surface area contributed by atoms with E-state index >= 15 is 0 Å². The van der Waals surface area contributed by atoms with Crippen molar-refractivity contribution in [3.8, 4) is 22.6 Å². The highest BCUT2D eigenvalue weighted by Gasteiger charge is 2.37. The fraction of sp³-hybridized carbons (Fsp3) is 0.458. The van der Waals surface area contributed by atoms with Crippen LogP contribution in [0.2, 0.25) is 0 Å². The number of methoxy groups -OCH3 is 2. The molecule has 28 heavy (non-hydrogen) atoms. The third-order valence-electron chi connectivity index (χ3n) is 6.24. The Morgan fingerprint density at radius 1 is 0.857 bits per heavy atom. The predicted octanol–water partition coefficient (Wildman–Crippen LogP) is 5.84. The molecule has 1 aliphatic carbocycles. The Kier molecular flexibility index (Phi) is 5.18. The molecule has 0 spiro atoms. The first-order valence-electron chi connectivity index (χ1n) is 9.74. The average Bonchev–Trinajstić information content (AvgIpc) is 2.65. The van der Waals surface area contributed by atoms with Gasteiger partial charge in [-0.05, 0) is 65.0 Å². The molecule has 150 valence electrons. The molecule has 0 radical (unpaired) electrons. The Hall–Kier alpha value is -2.49. The maximum Gasteiger partial charge on any atom is 0.131 e. The Morgan fingerprint density at radius 2 is 1.43 bits per heavy atom. The van der Waals surface area contributed by atoms with Gasteiger partial charge in [0.15, 0.2) is 0 Å². The van der Waals surface area contributed by atoms with Gasteiger partial charge in [0.25, 0.3) is 0 Å². The number of fused-ring (bicyclic) bond motifs is 1. The molecule has 1 N–H and O–H groups in total. The monoisotopic (exact) mass is 381 g/mol. The van der Waals surface area contributed by atoms with Crippen LogP contribution in [0.5, 0.6) is 11.5 Å². The predicted molar refractivity (Wildman–Crippen MR) is 114 cm³/mol. The van der Waals surface area contributed by atoms with E-state index < -0.39 is 0 Å². The lowest BCUT2D eigenvalue weighted by atomic mass is 9.62. The summed E-state index contributed by atoms with van der Waals surface area (Å²) < 4.78 is 11.1. The molecule has 0 fully saturated rings. The van der Waals surface area contributed by atoms with E-state index in [1.807, 2.05) is 12.1 Å². The zero-order chi connectivity index (χ0) is 20.7. The molecule has 1 aliphatic rings. The standard InChI is InChI=1S/C24H31NO3/c1-15-10-19-20(24(4,5)9-8-23(19,2)3)12-17(15)18-11-16(14-25-26)21(27-6)13-22(18)28-7/h10-14,26H,8-9H2,1-7H3/b25-14+. The molecule has 0 amide bonds. The highest BCUT2D eigenvalue weighted by Crippen LogP contribution is 2.48. The van der Waals surface area contributed by atoms with Gasteiger partial charge in [0.05, 0.1) is 20.4 Å². The van der Waals surface area contributed by atoms with Crippen LogP contribution in [0.4, 0.5) is 0 Å². The van der Waals surface area contributed by atoms with Crippen LogP contribution in [-0.4, -0.2) is 25.6 Å². The minimum absolute atomic E-state index is 0.127. The second kappa shape index (κ2) is 7.16. The van der Waals surface area contributed by atoms with E-state index in [4.69, 9.17) is 14.7 Å². The zero-order valence-corrected chi connectivity index (χ0v) is 18.0. The summed E-state index contributed by atoms with van der Waals surface area (Å²) in [7, 11) is 3.26. The van der Waals surface area contributed by atoms with Crippen LogP contribution in [0.15, 0.2) is 29.4 Å². The van der Waals surface area contributed by atoms with E-state index in [1.54, 1.807) is 14.2 Å². The minimum atomic E-state index is 0.127. The Morgan fingerprint density at radius 3 is 1.96 bits per heavy atom. The number of nitrogens with zero attached hydrogens (tertiary/aromatic N) is 1. The summed E-state index contributed by atoms with van der Waals surface area (Å²) in [6.45, 7) is 11.5. The van der Waals surface area contributed by atoms with Crippen LogP contribution < -0.4 is 9.47 Å². The fourth-order valence-corrected chi connectivity index (χ4v) is 4.31. The molecule has 0 aliphatic heterocycles. The summed E-state index contributed by atoms with van der Waals surface area (Å²) in [6, 6.07) is 8.48. The maximum absolute atomic E-state index is 9.05. The van der Waals surface area contributed by atoms with Crippen molar-refractivity contribution >= 4 is 6.21 Å². The van der Waals surface area contributed by atoms with Crippen LogP contribution in [0.1, 0.15) is 62.8 Å². The molecule has 4 nitrogen and oxygen atoms in total. The van der Waals surface area contributed by atoms with Crippen molar-refractivity contribution in [1.29, 1.82) is 0 Å². The first-order valence-corrected chi connectivity index (χ1v) is 9.74. The van der Waals surface area contributed by atoms with Gasteiger partial charge in [-0.3, -0.25) is 0 Å². The molecule has 2 aromatic carbocycles. The third kappa shape index (κ3) is 3.36. The van der Waals surface area contributed by atoms with Crippen LogP contribution in [0.3, 0.4) is 0 Å². The van der Waals surface area contributed by atoms with Gasteiger partial charge in [-0.1, -0.05) is 38.9 Å². The number of hydrogen-bond acceptors (Lipinski definition) is 4. The smallest absolute Gasteiger partial charge is 0.131 e. The molecule has 4 heteroatoms. The van der Waals surface area contributed by atoms with Crippen molar-refractivity contribution in [2.24, 2.45) is 5.16 Å². The Labute approximate surface area is 168 Å². The van der Waals surface area contributed by atoms with Crippen LogP contribution in [0.25, 0.3) is 11.1 Å². The van der Waals surface area contributed by atoms with Crippen molar-refractivity contribution in [2.45, 2.75) is 58.3 Å². The summed E-state index contributed by atoms with van der Waals surface area (Å²) in [5.74, 6) is 1.35. The number of benzene rings is 2. The van der Waals surface area contributed by atoms with Crippen LogP contribution in [-0.2, 0) is 10.8 Å². The molecule has 0 aromatic heterocycles. The molecule has 0 saturated heterocycles. The Bertz CT molecular complexity index is 926. The van der Waals surface area contributed by atoms with Crippen molar-refractivity contribution in [3.05, 3.63) is 46.5 Å². The molecule has 0 saturated carbocycles.